The average Bonchev–Trinajstić information content (AvgIpc) is 2.93. The van der Waals surface area contributed by atoms with E-state index in [0.29, 0.717) is 6.42 Å². The summed E-state index contributed by atoms with van der Waals surface area (Å²) in [5, 5.41) is 8.57. The highest BCUT2D eigenvalue weighted by atomic mass is 32.1. The number of unbranched alkanes of at least 4 members (excludes halogenated alkanes) is 4. The number of carbonyl (C=O) groups is 2. The minimum Gasteiger partial charge on any atom is -0.481 e. The van der Waals surface area contributed by atoms with Gasteiger partial charge in [0.25, 0.3) is 0 Å². The lowest BCUT2D eigenvalue weighted by atomic mass is 10.1. The zero-order chi connectivity index (χ0) is 16.2. The van der Waals surface area contributed by atoms with Crippen LogP contribution in [0.4, 0.5) is 0 Å². The highest BCUT2D eigenvalue weighted by Gasteiger charge is 2.01. The Hall–Kier alpha value is -1.42. The fourth-order valence-corrected chi connectivity index (χ4v) is 3.14. The molecule has 0 aromatic carbocycles. The average molecular weight is 322 g/mol. The highest BCUT2D eigenvalue weighted by Crippen LogP contribution is 2.20. The molecule has 1 N–H and O–H groups in total. The third-order valence-corrected chi connectivity index (χ3v) is 4.57. The van der Waals surface area contributed by atoms with Gasteiger partial charge in [-0.2, -0.15) is 0 Å². The summed E-state index contributed by atoms with van der Waals surface area (Å²) < 4.78 is 0. The normalized spacial score (nSPS) is 11.1. The molecule has 0 fully saturated rings. The highest BCUT2D eigenvalue weighted by molar-refractivity contribution is 7.12. The van der Waals surface area contributed by atoms with Crippen molar-refractivity contribution in [1.82, 2.24) is 0 Å². The van der Waals surface area contributed by atoms with Crippen LogP contribution in [0.1, 0.15) is 68.0 Å². The zero-order valence-electron chi connectivity index (χ0n) is 13.3. The fraction of sp³-hybridized carbons (Fsp3) is 0.556. The van der Waals surface area contributed by atoms with Crippen LogP contribution in [-0.2, 0) is 16.0 Å². The number of hydrogen-bond acceptors (Lipinski definition) is 3. The summed E-state index contributed by atoms with van der Waals surface area (Å²) in [4.78, 5) is 24.5. The van der Waals surface area contributed by atoms with E-state index in [0.717, 1.165) is 49.8 Å². The van der Waals surface area contributed by atoms with Crippen molar-refractivity contribution in [1.29, 1.82) is 0 Å². The van der Waals surface area contributed by atoms with Gasteiger partial charge in [0.15, 0.2) is 5.78 Å². The first kappa shape index (κ1) is 18.6. The summed E-state index contributed by atoms with van der Waals surface area (Å²) in [7, 11) is 0. The molecule has 0 aliphatic rings. The number of ketones is 1. The van der Waals surface area contributed by atoms with Gasteiger partial charge in [0.1, 0.15) is 0 Å². The number of carboxylic acids is 1. The Bertz CT molecular complexity index is 488. The van der Waals surface area contributed by atoms with E-state index in [1.807, 2.05) is 12.1 Å². The van der Waals surface area contributed by atoms with E-state index in [9.17, 15) is 9.59 Å². The summed E-state index contributed by atoms with van der Waals surface area (Å²) in [5.41, 5.74) is 0. The van der Waals surface area contributed by atoms with Gasteiger partial charge in [-0.15, -0.1) is 11.3 Å². The molecule has 0 radical (unpaired) electrons. The Kier molecular flexibility index (Phi) is 9.47. The molecular weight excluding hydrogens is 296 g/mol. The van der Waals surface area contributed by atoms with Gasteiger partial charge in [-0.1, -0.05) is 26.2 Å². The van der Waals surface area contributed by atoms with Crippen LogP contribution in [-0.4, -0.2) is 16.9 Å². The molecule has 0 saturated heterocycles. The van der Waals surface area contributed by atoms with Crippen molar-refractivity contribution in [2.24, 2.45) is 0 Å². The summed E-state index contributed by atoms with van der Waals surface area (Å²) >= 11 is 1.71. The van der Waals surface area contributed by atoms with Crippen molar-refractivity contribution in [3.8, 4) is 0 Å². The third kappa shape index (κ3) is 8.78. The first-order valence-corrected chi connectivity index (χ1v) is 8.95. The molecule has 0 aliphatic carbocycles. The smallest absolute Gasteiger partial charge is 0.303 e. The quantitative estimate of drug-likeness (QED) is 0.430. The second-order valence-corrected chi connectivity index (χ2v) is 6.72. The minimum atomic E-state index is -0.716. The Morgan fingerprint density at radius 3 is 2.59 bits per heavy atom. The Morgan fingerprint density at radius 1 is 1.09 bits per heavy atom. The van der Waals surface area contributed by atoms with Crippen LogP contribution in [0.2, 0.25) is 0 Å². The third-order valence-electron chi connectivity index (χ3n) is 3.46. The second-order valence-electron chi connectivity index (χ2n) is 5.52. The molecule has 0 unspecified atom stereocenters. The summed E-state index contributed by atoms with van der Waals surface area (Å²) in [6.45, 7) is 2.13. The number of aryl methyl sites for hydroxylation is 1. The van der Waals surface area contributed by atoms with Gasteiger partial charge < -0.3 is 5.11 Å². The lowest BCUT2D eigenvalue weighted by Gasteiger charge is -1.97. The Labute approximate surface area is 137 Å². The molecule has 1 aromatic heterocycles. The van der Waals surface area contributed by atoms with Crippen molar-refractivity contribution >= 4 is 29.2 Å². The van der Waals surface area contributed by atoms with Gasteiger partial charge in [-0.3, -0.25) is 9.59 Å². The Morgan fingerprint density at radius 2 is 1.86 bits per heavy atom. The van der Waals surface area contributed by atoms with Gasteiger partial charge in [-0.05, 0) is 50.0 Å². The second kappa shape index (κ2) is 11.2. The monoisotopic (exact) mass is 322 g/mol. The largest absolute Gasteiger partial charge is 0.481 e. The maximum atomic E-state index is 11.7. The molecular formula is C18H26O3S. The van der Waals surface area contributed by atoms with E-state index in [1.54, 1.807) is 17.4 Å². The first-order chi connectivity index (χ1) is 10.6. The molecule has 1 heterocycles. The van der Waals surface area contributed by atoms with Gasteiger partial charge in [0.05, 0.1) is 0 Å². The van der Waals surface area contributed by atoms with Gasteiger partial charge in [-0.25, -0.2) is 0 Å². The predicted octanol–water partition coefficient (Wildman–Crippen LogP) is 5.10. The van der Waals surface area contributed by atoms with Crippen molar-refractivity contribution in [3.63, 3.8) is 0 Å². The molecule has 1 rings (SSSR count). The standard InChI is InChI=1S/C18H26O3S/c1-2-3-5-8-15(19)11-12-17-14-13-16(22-17)9-6-4-7-10-18(20)21/h11-14H,2-10H2,1H3,(H,20,21). The molecule has 0 amide bonds. The van der Waals surface area contributed by atoms with Gasteiger partial charge >= 0.3 is 5.97 Å². The van der Waals surface area contributed by atoms with Crippen molar-refractivity contribution in [2.75, 3.05) is 0 Å². The topological polar surface area (TPSA) is 54.4 Å². The van der Waals surface area contributed by atoms with Crippen LogP contribution in [0.25, 0.3) is 6.08 Å². The van der Waals surface area contributed by atoms with E-state index in [4.69, 9.17) is 5.11 Å². The van der Waals surface area contributed by atoms with Crippen LogP contribution in [0, 0.1) is 0 Å². The molecule has 0 aliphatic heterocycles. The van der Waals surface area contributed by atoms with Gasteiger partial charge in [0, 0.05) is 22.6 Å². The van der Waals surface area contributed by atoms with E-state index >= 15 is 0 Å². The summed E-state index contributed by atoms with van der Waals surface area (Å²) in [6, 6.07) is 4.15. The summed E-state index contributed by atoms with van der Waals surface area (Å²) in [6.07, 6.45) is 11.4. The van der Waals surface area contributed by atoms with Crippen LogP contribution < -0.4 is 0 Å². The van der Waals surface area contributed by atoms with Crippen LogP contribution >= 0.6 is 11.3 Å². The summed E-state index contributed by atoms with van der Waals surface area (Å²) in [5.74, 6) is -0.510. The number of hydrogen-bond donors (Lipinski definition) is 1. The zero-order valence-corrected chi connectivity index (χ0v) is 14.2. The molecule has 4 heteroatoms. The number of thiophene rings is 1. The predicted molar refractivity (Wildman–Crippen MR) is 92.3 cm³/mol. The van der Waals surface area contributed by atoms with E-state index in [2.05, 4.69) is 13.0 Å². The Balaban J connectivity index is 2.25. The van der Waals surface area contributed by atoms with Crippen LogP contribution in [0.5, 0.6) is 0 Å². The number of aliphatic carboxylic acids is 1. The lowest BCUT2D eigenvalue weighted by molar-refractivity contribution is -0.137. The van der Waals surface area contributed by atoms with Crippen molar-refractivity contribution in [2.45, 2.75) is 64.7 Å². The maximum absolute atomic E-state index is 11.7. The molecule has 1 aromatic rings. The molecule has 0 spiro atoms. The lowest BCUT2D eigenvalue weighted by Crippen LogP contribution is -1.93. The number of allylic oxidation sites excluding steroid dienone is 1. The van der Waals surface area contributed by atoms with Crippen LogP contribution in [0.3, 0.4) is 0 Å². The van der Waals surface area contributed by atoms with Crippen molar-refractivity contribution in [3.05, 3.63) is 28.0 Å². The number of rotatable bonds is 12. The molecule has 0 atom stereocenters. The first-order valence-electron chi connectivity index (χ1n) is 8.13. The molecule has 0 bridgehead atoms. The maximum Gasteiger partial charge on any atom is 0.303 e. The van der Waals surface area contributed by atoms with E-state index < -0.39 is 5.97 Å². The van der Waals surface area contributed by atoms with E-state index in [1.165, 1.54) is 4.88 Å². The van der Waals surface area contributed by atoms with Gasteiger partial charge in [0.2, 0.25) is 0 Å². The van der Waals surface area contributed by atoms with Crippen molar-refractivity contribution < 1.29 is 14.7 Å². The minimum absolute atomic E-state index is 0.206. The molecule has 3 nitrogen and oxygen atoms in total. The number of carbonyl (C=O) groups excluding carboxylic acids is 1. The van der Waals surface area contributed by atoms with E-state index in [-0.39, 0.29) is 12.2 Å². The fourth-order valence-electron chi connectivity index (χ4n) is 2.18. The molecule has 22 heavy (non-hydrogen) atoms. The van der Waals surface area contributed by atoms with Crippen LogP contribution in [0.15, 0.2) is 18.2 Å². The molecule has 122 valence electrons. The molecule has 0 saturated carbocycles. The number of carboxylic acid groups (broad SMARTS) is 1. The SMILES string of the molecule is CCCCCC(=O)C=Cc1ccc(CCCCCC(=O)O)s1.